The van der Waals surface area contributed by atoms with Crippen molar-refractivity contribution in [2.45, 2.75) is 26.4 Å². The molecule has 1 aliphatic rings. The third-order valence-corrected chi connectivity index (χ3v) is 6.09. The number of hydrogen-bond donors (Lipinski definition) is 0. The number of nitrogens with zero attached hydrogens (tertiary/aromatic N) is 1. The van der Waals surface area contributed by atoms with Gasteiger partial charge < -0.3 is 24.2 Å². The molecule has 2 heterocycles. The van der Waals surface area contributed by atoms with Gasteiger partial charge in [-0.25, -0.2) is 4.98 Å². The fourth-order valence-corrected chi connectivity index (χ4v) is 4.25. The highest BCUT2D eigenvalue weighted by molar-refractivity contribution is 6.46. The van der Waals surface area contributed by atoms with Crippen molar-refractivity contribution in [2.24, 2.45) is 5.92 Å². The van der Waals surface area contributed by atoms with Crippen LogP contribution < -0.4 is 24.3 Å². The van der Waals surface area contributed by atoms with Crippen molar-refractivity contribution >= 4 is 17.4 Å². The fraction of sp³-hybridized carbons (Fsp3) is 0.276. The van der Waals surface area contributed by atoms with Crippen molar-refractivity contribution < 1.29 is 33.9 Å². The average molecular weight is 503 g/mol. The second kappa shape index (κ2) is 11.2. The minimum absolute atomic E-state index is 0.121. The number of ketones is 1. The molecule has 1 atom stereocenters. The molecule has 4 rings (SSSR count). The highest BCUT2D eigenvalue weighted by Crippen LogP contribution is 2.43. The van der Waals surface area contributed by atoms with E-state index in [9.17, 15) is 14.7 Å². The summed E-state index contributed by atoms with van der Waals surface area (Å²) in [4.78, 5) is 31.0. The van der Waals surface area contributed by atoms with E-state index in [-0.39, 0.29) is 12.1 Å². The summed E-state index contributed by atoms with van der Waals surface area (Å²) in [5, 5.41) is 13.7. The first-order chi connectivity index (χ1) is 17.8. The predicted molar refractivity (Wildman–Crippen MR) is 135 cm³/mol. The van der Waals surface area contributed by atoms with E-state index in [1.165, 1.54) is 19.1 Å². The van der Waals surface area contributed by atoms with Gasteiger partial charge in [-0.1, -0.05) is 31.7 Å². The summed E-state index contributed by atoms with van der Waals surface area (Å²) < 4.78 is 16.6. The summed E-state index contributed by atoms with van der Waals surface area (Å²) >= 11 is 0. The fourth-order valence-electron chi connectivity index (χ4n) is 4.25. The third kappa shape index (κ3) is 5.43. The van der Waals surface area contributed by atoms with Gasteiger partial charge in [-0.05, 0) is 41.8 Å². The van der Waals surface area contributed by atoms with Crippen molar-refractivity contribution in [1.82, 2.24) is 4.90 Å². The van der Waals surface area contributed by atoms with E-state index in [0.717, 1.165) is 5.56 Å². The van der Waals surface area contributed by atoms with E-state index in [4.69, 9.17) is 14.2 Å². The Labute approximate surface area is 216 Å². The molecule has 1 N–H and O–H groups in total. The topological polar surface area (TPSA) is 102 Å². The monoisotopic (exact) mass is 502 g/mol. The van der Waals surface area contributed by atoms with Crippen LogP contribution >= 0.6 is 0 Å². The SMILES string of the molecule is COc1ccc(C2C(=C([O-])c3ccc(OCC(C)C)cc3)C(=O)C(=O)N2Cc2ccc[nH+]c2)c(OC)c1. The van der Waals surface area contributed by atoms with Gasteiger partial charge in [0, 0.05) is 28.8 Å². The maximum absolute atomic E-state index is 13.7. The van der Waals surface area contributed by atoms with Gasteiger partial charge in [0.2, 0.25) is 5.78 Å². The Bertz CT molecular complexity index is 1300. The molecule has 0 aliphatic carbocycles. The normalized spacial score (nSPS) is 16.8. The highest BCUT2D eigenvalue weighted by atomic mass is 16.5. The van der Waals surface area contributed by atoms with Crippen LogP contribution in [0.4, 0.5) is 0 Å². The van der Waals surface area contributed by atoms with Crippen molar-refractivity contribution in [3.8, 4) is 17.2 Å². The van der Waals surface area contributed by atoms with Gasteiger partial charge in [0.15, 0.2) is 12.4 Å². The van der Waals surface area contributed by atoms with Crippen molar-refractivity contribution in [2.75, 3.05) is 20.8 Å². The molecule has 1 unspecified atom stereocenters. The first-order valence-corrected chi connectivity index (χ1v) is 12.0. The predicted octanol–water partition coefficient (Wildman–Crippen LogP) is 2.98. The van der Waals surface area contributed by atoms with E-state index in [1.54, 1.807) is 60.9 Å². The van der Waals surface area contributed by atoms with Crippen molar-refractivity contribution in [1.29, 1.82) is 0 Å². The van der Waals surface area contributed by atoms with Gasteiger partial charge in [-0.3, -0.25) is 9.59 Å². The van der Waals surface area contributed by atoms with Crippen LogP contribution in [-0.2, 0) is 16.1 Å². The number of amides is 1. The van der Waals surface area contributed by atoms with Gasteiger partial charge in [-0.15, -0.1) is 0 Å². The largest absolute Gasteiger partial charge is 0.872 e. The molecule has 1 aliphatic heterocycles. The number of H-pyrrole nitrogens is 1. The molecule has 192 valence electrons. The van der Waals surface area contributed by atoms with Crippen molar-refractivity contribution in [3.63, 3.8) is 0 Å². The zero-order chi connectivity index (χ0) is 26.5. The summed E-state index contributed by atoms with van der Waals surface area (Å²) in [7, 11) is 3.02. The van der Waals surface area contributed by atoms with Gasteiger partial charge in [-0.2, -0.15) is 0 Å². The van der Waals surface area contributed by atoms with Crippen LogP contribution in [0.25, 0.3) is 5.76 Å². The molecule has 1 aromatic heterocycles. The average Bonchev–Trinajstić information content (AvgIpc) is 3.16. The summed E-state index contributed by atoms with van der Waals surface area (Å²) in [6, 6.07) is 14.4. The number of Topliss-reactive ketones (excluding diaryl/α,β-unsaturated/α-hetero) is 1. The molecule has 1 saturated heterocycles. The number of benzene rings is 2. The number of carbonyl (C=O) groups excluding carboxylic acids is 2. The third-order valence-electron chi connectivity index (χ3n) is 6.09. The number of methoxy groups -OCH3 is 2. The molecule has 8 heteroatoms. The first kappa shape index (κ1) is 25.8. The lowest BCUT2D eigenvalue weighted by atomic mass is 9.94. The van der Waals surface area contributed by atoms with Crippen LogP contribution in [0.1, 0.15) is 36.6 Å². The zero-order valence-electron chi connectivity index (χ0n) is 21.3. The summed E-state index contributed by atoms with van der Waals surface area (Å²) in [6.45, 7) is 4.76. The van der Waals surface area contributed by atoms with Crippen LogP contribution in [0.15, 0.2) is 72.6 Å². The molecular formula is C29H30N2O6. The Morgan fingerprint density at radius 2 is 1.76 bits per heavy atom. The molecular weight excluding hydrogens is 472 g/mol. The van der Waals surface area contributed by atoms with Gasteiger partial charge in [0.05, 0.1) is 33.4 Å². The number of hydrogen-bond acceptors (Lipinski definition) is 6. The molecule has 2 aromatic carbocycles. The summed E-state index contributed by atoms with van der Waals surface area (Å²) in [6.07, 6.45) is 3.50. The molecule has 0 spiro atoms. The zero-order valence-corrected chi connectivity index (χ0v) is 21.3. The number of aromatic nitrogens is 1. The molecule has 0 saturated carbocycles. The summed E-state index contributed by atoms with van der Waals surface area (Å²) in [5.41, 5.74) is 1.47. The number of carbonyl (C=O) groups is 2. The number of aromatic amines is 1. The Hall–Kier alpha value is -4.33. The Morgan fingerprint density at radius 3 is 2.38 bits per heavy atom. The second-order valence-electron chi connectivity index (χ2n) is 9.16. The lowest BCUT2D eigenvalue weighted by Gasteiger charge is -2.28. The Kier molecular flexibility index (Phi) is 7.77. The molecule has 0 bridgehead atoms. The van der Waals surface area contributed by atoms with Crippen LogP contribution in [0.3, 0.4) is 0 Å². The molecule has 8 nitrogen and oxygen atoms in total. The van der Waals surface area contributed by atoms with Crippen LogP contribution in [-0.4, -0.2) is 37.4 Å². The number of likely N-dealkylation sites (tertiary alicyclic amines) is 1. The molecule has 1 amide bonds. The lowest BCUT2D eigenvalue weighted by Crippen LogP contribution is -2.29. The second-order valence-corrected chi connectivity index (χ2v) is 9.16. The quantitative estimate of drug-likeness (QED) is 0.253. The van der Waals surface area contributed by atoms with Gasteiger partial charge >= 0.3 is 0 Å². The van der Waals surface area contributed by atoms with E-state index >= 15 is 0 Å². The Morgan fingerprint density at radius 1 is 1.03 bits per heavy atom. The van der Waals surface area contributed by atoms with Crippen LogP contribution in [0, 0.1) is 5.92 Å². The standard InChI is InChI=1S/C29H30N2O6/c1-18(2)17-37-21-9-7-20(8-10-21)27(32)25-26(23-12-11-22(35-3)14-24(23)36-4)31(29(34)28(25)33)16-19-6-5-13-30-15-19/h5-15,18,26,32H,16-17H2,1-4H3. The minimum atomic E-state index is -0.939. The van der Waals surface area contributed by atoms with E-state index in [0.29, 0.717) is 40.9 Å². The lowest BCUT2D eigenvalue weighted by molar-refractivity contribution is -0.378. The smallest absolute Gasteiger partial charge is 0.295 e. The number of pyridine rings is 1. The van der Waals surface area contributed by atoms with Crippen LogP contribution in [0.2, 0.25) is 0 Å². The first-order valence-electron chi connectivity index (χ1n) is 12.0. The van der Waals surface area contributed by atoms with E-state index in [2.05, 4.69) is 4.98 Å². The molecule has 1 fully saturated rings. The number of rotatable bonds is 9. The van der Waals surface area contributed by atoms with Crippen LogP contribution in [0.5, 0.6) is 17.2 Å². The molecule has 0 radical (unpaired) electrons. The number of nitrogens with one attached hydrogen (secondary N) is 1. The highest BCUT2D eigenvalue weighted by Gasteiger charge is 2.45. The maximum atomic E-state index is 13.7. The van der Waals surface area contributed by atoms with Crippen molar-refractivity contribution in [3.05, 3.63) is 89.3 Å². The summed E-state index contributed by atoms with van der Waals surface area (Å²) in [5.74, 6) is -0.157. The van der Waals surface area contributed by atoms with Gasteiger partial charge in [0.1, 0.15) is 17.2 Å². The maximum Gasteiger partial charge on any atom is 0.295 e. The minimum Gasteiger partial charge on any atom is -0.872 e. The molecule has 37 heavy (non-hydrogen) atoms. The number of ether oxygens (including phenoxy) is 3. The molecule has 3 aromatic rings. The van der Waals surface area contributed by atoms with E-state index in [1.807, 2.05) is 19.9 Å². The van der Waals surface area contributed by atoms with E-state index < -0.39 is 23.5 Å². The van der Waals surface area contributed by atoms with Gasteiger partial charge in [0.25, 0.3) is 5.91 Å². The Balaban J connectivity index is 1.82.